The maximum absolute atomic E-state index is 12.7. The summed E-state index contributed by atoms with van der Waals surface area (Å²) in [6.07, 6.45) is 1.40. The molecular weight excluding hydrogens is 494 g/mol. The molecule has 0 heterocycles. The number of rotatable bonds is 8. The van der Waals surface area contributed by atoms with Crippen LogP contribution >= 0.6 is 11.6 Å². The van der Waals surface area contributed by atoms with E-state index in [2.05, 4.69) is 15.8 Å². The Morgan fingerprint density at radius 2 is 1.59 bits per heavy atom. The Balaban J connectivity index is 1.46. The molecule has 0 saturated carbocycles. The van der Waals surface area contributed by atoms with Gasteiger partial charge in [-0.2, -0.15) is 5.10 Å². The quantitative estimate of drug-likeness (QED) is 0.154. The fourth-order valence-corrected chi connectivity index (χ4v) is 3.58. The summed E-state index contributed by atoms with van der Waals surface area (Å²) in [5.41, 5.74) is 3.61. The Labute approximate surface area is 217 Å². The summed E-state index contributed by atoms with van der Waals surface area (Å²) in [5, 5.41) is 8.71. The van der Waals surface area contributed by atoms with E-state index in [1.54, 1.807) is 61.7 Å². The van der Waals surface area contributed by atoms with Gasteiger partial charge in [0.25, 0.3) is 11.8 Å². The Morgan fingerprint density at radius 1 is 0.892 bits per heavy atom. The van der Waals surface area contributed by atoms with Crippen molar-refractivity contribution in [3.8, 4) is 11.5 Å². The van der Waals surface area contributed by atoms with E-state index in [0.29, 0.717) is 27.5 Å². The standard InChI is InChI=1S/C28H22ClN3O5/c1-36-22-13-8-20(9-14-22)28(35)37-25-15-10-18-4-2-3-5-23(18)24(25)16-31-32-26(33)17-30-27(34)19-6-11-21(29)12-7-19/h2-16H,17H2,1H3,(H,30,34)(H,32,33)/b31-16+. The summed E-state index contributed by atoms with van der Waals surface area (Å²) < 4.78 is 10.8. The second-order valence-electron chi connectivity index (χ2n) is 7.80. The van der Waals surface area contributed by atoms with Gasteiger partial charge in [0, 0.05) is 16.1 Å². The average molecular weight is 516 g/mol. The van der Waals surface area contributed by atoms with Gasteiger partial charge in [-0.25, -0.2) is 10.2 Å². The van der Waals surface area contributed by atoms with Crippen LogP contribution in [0, 0.1) is 0 Å². The Hall–Kier alpha value is -4.69. The molecule has 0 radical (unpaired) electrons. The molecule has 8 nitrogen and oxygen atoms in total. The molecule has 2 N–H and O–H groups in total. The van der Waals surface area contributed by atoms with Gasteiger partial charge >= 0.3 is 5.97 Å². The molecule has 0 bridgehead atoms. The van der Waals surface area contributed by atoms with E-state index in [4.69, 9.17) is 21.1 Å². The first-order valence-corrected chi connectivity index (χ1v) is 11.6. The lowest BCUT2D eigenvalue weighted by Crippen LogP contribution is -2.34. The zero-order valence-electron chi connectivity index (χ0n) is 19.7. The first-order valence-electron chi connectivity index (χ1n) is 11.2. The molecular formula is C28H22ClN3O5. The van der Waals surface area contributed by atoms with Crippen molar-refractivity contribution in [3.05, 3.63) is 107 Å². The highest BCUT2D eigenvalue weighted by Crippen LogP contribution is 2.27. The SMILES string of the molecule is COc1ccc(C(=O)Oc2ccc3ccccc3c2/C=N/NC(=O)CNC(=O)c2ccc(Cl)cc2)cc1. The molecule has 4 aromatic rings. The molecule has 0 aromatic heterocycles. The number of hydrazone groups is 1. The molecule has 0 unspecified atom stereocenters. The molecule has 4 aromatic carbocycles. The molecule has 9 heteroatoms. The minimum Gasteiger partial charge on any atom is -0.497 e. The normalized spacial score (nSPS) is 10.8. The number of hydrogen-bond acceptors (Lipinski definition) is 6. The maximum Gasteiger partial charge on any atom is 0.343 e. The highest BCUT2D eigenvalue weighted by Gasteiger charge is 2.14. The summed E-state index contributed by atoms with van der Waals surface area (Å²) in [7, 11) is 1.54. The summed E-state index contributed by atoms with van der Waals surface area (Å²) >= 11 is 5.83. The summed E-state index contributed by atoms with van der Waals surface area (Å²) in [6, 6.07) is 23.8. The van der Waals surface area contributed by atoms with Crippen LogP contribution in [0.15, 0.2) is 90.0 Å². The zero-order valence-corrected chi connectivity index (χ0v) is 20.5. The molecule has 0 aliphatic heterocycles. The number of esters is 1. The molecule has 0 fully saturated rings. The van der Waals surface area contributed by atoms with E-state index in [1.807, 2.05) is 30.3 Å². The van der Waals surface area contributed by atoms with Crippen LogP contribution in [0.4, 0.5) is 0 Å². The fourth-order valence-electron chi connectivity index (χ4n) is 3.46. The minimum atomic E-state index is -0.554. The van der Waals surface area contributed by atoms with Crippen LogP contribution in [0.25, 0.3) is 10.8 Å². The van der Waals surface area contributed by atoms with Crippen LogP contribution in [-0.2, 0) is 4.79 Å². The van der Waals surface area contributed by atoms with Crippen molar-refractivity contribution >= 4 is 46.4 Å². The first kappa shape index (κ1) is 25.4. The van der Waals surface area contributed by atoms with E-state index in [1.165, 1.54) is 6.21 Å². The number of carbonyl (C=O) groups is 3. The lowest BCUT2D eigenvalue weighted by Gasteiger charge is -2.11. The number of methoxy groups -OCH3 is 1. The van der Waals surface area contributed by atoms with Gasteiger partial charge in [0.1, 0.15) is 11.5 Å². The van der Waals surface area contributed by atoms with Gasteiger partial charge in [0.15, 0.2) is 0 Å². The highest BCUT2D eigenvalue weighted by atomic mass is 35.5. The Kier molecular flexibility index (Phi) is 8.12. The maximum atomic E-state index is 12.7. The first-order chi connectivity index (χ1) is 17.9. The highest BCUT2D eigenvalue weighted by molar-refractivity contribution is 6.30. The van der Waals surface area contributed by atoms with Gasteiger partial charge in [-0.05, 0) is 65.4 Å². The molecule has 4 rings (SSSR count). The lowest BCUT2D eigenvalue weighted by atomic mass is 10.0. The molecule has 37 heavy (non-hydrogen) atoms. The van der Waals surface area contributed by atoms with E-state index in [-0.39, 0.29) is 12.3 Å². The smallest absolute Gasteiger partial charge is 0.343 e. The second-order valence-corrected chi connectivity index (χ2v) is 8.24. The van der Waals surface area contributed by atoms with Crippen LogP contribution in [0.5, 0.6) is 11.5 Å². The molecule has 0 aliphatic rings. The third-order valence-corrected chi connectivity index (χ3v) is 5.61. The summed E-state index contributed by atoms with van der Waals surface area (Å²) in [6.45, 7) is -0.284. The number of carbonyl (C=O) groups excluding carboxylic acids is 3. The van der Waals surface area contributed by atoms with Crippen LogP contribution in [0.2, 0.25) is 5.02 Å². The second kappa shape index (κ2) is 11.8. The van der Waals surface area contributed by atoms with E-state index in [0.717, 1.165) is 10.8 Å². The van der Waals surface area contributed by atoms with Gasteiger partial charge in [0.05, 0.1) is 25.4 Å². The van der Waals surface area contributed by atoms with Crippen molar-refractivity contribution in [1.82, 2.24) is 10.7 Å². The molecule has 0 aliphatic carbocycles. The van der Waals surface area contributed by atoms with E-state index >= 15 is 0 Å². The lowest BCUT2D eigenvalue weighted by molar-refractivity contribution is -0.120. The Bertz CT molecular complexity index is 1470. The number of halogens is 1. The number of ether oxygens (including phenoxy) is 2. The number of nitrogens with zero attached hydrogens (tertiary/aromatic N) is 1. The van der Waals surface area contributed by atoms with Crippen molar-refractivity contribution in [2.45, 2.75) is 0 Å². The number of fused-ring (bicyclic) bond motifs is 1. The zero-order chi connectivity index (χ0) is 26.2. The molecule has 0 spiro atoms. The predicted octanol–water partition coefficient (Wildman–Crippen LogP) is 4.60. The third kappa shape index (κ3) is 6.50. The molecule has 186 valence electrons. The third-order valence-electron chi connectivity index (χ3n) is 5.36. The van der Waals surface area contributed by atoms with Crippen molar-refractivity contribution in [2.75, 3.05) is 13.7 Å². The van der Waals surface area contributed by atoms with Gasteiger partial charge in [-0.15, -0.1) is 0 Å². The van der Waals surface area contributed by atoms with Gasteiger partial charge < -0.3 is 14.8 Å². The van der Waals surface area contributed by atoms with E-state index < -0.39 is 17.8 Å². The monoisotopic (exact) mass is 515 g/mol. The topological polar surface area (TPSA) is 106 Å². The van der Waals surface area contributed by atoms with Crippen molar-refractivity contribution in [1.29, 1.82) is 0 Å². The van der Waals surface area contributed by atoms with Crippen LogP contribution < -0.4 is 20.2 Å². The van der Waals surface area contributed by atoms with Crippen molar-refractivity contribution in [2.24, 2.45) is 5.10 Å². The van der Waals surface area contributed by atoms with Gasteiger partial charge in [-0.1, -0.05) is 41.9 Å². The van der Waals surface area contributed by atoms with Crippen LogP contribution in [0.1, 0.15) is 26.3 Å². The van der Waals surface area contributed by atoms with Gasteiger partial charge in [0.2, 0.25) is 0 Å². The average Bonchev–Trinajstić information content (AvgIpc) is 2.93. The number of nitrogens with one attached hydrogen (secondary N) is 2. The van der Waals surface area contributed by atoms with Crippen LogP contribution in [-0.4, -0.2) is 37.7 Å². The summed E-state index contributed by atoms with van der Waals surface area (Å²) in [5.74, 6) is -0.613. The number of hydrogen-bond donors (Lipinski definition) is 2. The van der Waals surface area contributed by atoms with Gasteiger partial charge in [-0.3, -0.25) is 9.59 Å². The van der Waals surface area contributed by atoms with E-state index in [9.17, 15) is 14.4 Å². The summed E-state index contributed by atoms with van der Waals surface area (Å²) in [4.78, 5) is 37.1. The number of amides is 2. The Morgan fingerprint density at radius 3 is 2.32 bits per heavy atom. The molecule has 0 atom stereocenters. The minimum absolute atomic E-state index is 0.272. The largest absolute Gasteiger partial charge is 0.497 e. The van der Waals surface area contributed by atoms with Crippen LogP contribution in [0.3, 0.4) is 0 Å². The van der Waals surface area contributed by atoms with Crippen molar-refractivity contribution in [3.63, 3.8) is 0 Å². The molecule has 0 saturated heterocycles. The fraction of sp³-hybridized carbons (Fsp3) is 0.0714. The number of benzene rings is 4. The predicted molar refractivity (Wildman–Crippen MR) is 141 cm³/mol. The van der Waals surface area contributed by atoms with Crippen molar-refractivity contribution < 1.29 is 23.9 Å². The molecule has 2 amide bonds.